The molecule has 4 nitrogen and oxygen atoms in total. The Morgan fingerprint density at radius 1 is 1.07 bits per heavy atom. The van der Waals surface area contributed by atoms with E-state index in [0.717, 1.165) is 38.8 Å². The summed E-state index contributed by atoms with van der Waals surface area (Å²) in [5.74, 6) is 0.481. The van der Waals surface area contributed by atoms with Crippen molar-refractivity contribution in [1.82, 2.24) is 14.9 Å². The van der Waals surface area contributed by atoms with Crippen LogP contribution in [0.3, 0.4) is 0 Å². The average molecular weight is 367 g/mol. The quantitative estimate of drug-likeness (QED) is 0.818. The van der Waals surface area contributed by atoms with Gasteiger partial charge in [0, 0.05) is 37.6 Å². The number of pyridine rings is 2. The number of nitrogens with zero attached hydrogens (tertiary/aromatic N) is 3. The molecule has 3 rings (SSSR count). The lowest BCUT2D eigenvalue weighted by Gasteiger charge is -2.36. The number of hydrogen-bond donors (Lipinski definition) is 1. The van der Waals surface area contributed by atoms with Crippen LogP contribution in [0.4, 0.5) is 0 Å². The first-order valence-electron chi connectivity index (χ1n) is 10.3. The van der Waals surface area contributed by atoms with E-state index in [1.165, 1.54) is 28.1 Å². The molecule has 1 aliphatic carbocycles. The van der Waals surface area contributed by atoms with E-state index in [0.29, 0.717) is 18.0 Å². The van der Waals surface area contributed by atoms with Crippen molar-refractivity contribution in [1.29, 1.82) is 0 Å². The molecule has 2 aromatic rings. The molecule has 146 valence electrons. The van der Waals surface area contributed by atoms with E-state index in [1.54, 1.807) is 0 Å². The third kappa shape index (κ3) is 5.14. The van der Waals surface area contributed by atoms with E-state index in [9.17, 15) is 0 Å². The summed E-state index contributed by atoms with van der Waals surface area (Å²) in [5.41, 5.74) is 12.4. The van der Waals surface area contributed by atoms with Gasteiger partial charge in [-0.05, 0) is 68.2 Å². The highest BCUT2D eigenvalue weighted by Crippen LogP contribution is 2.27. The lowest BCUT2D eigenvalue weighted by molar-refractivity contribution is 0.130. The van der Waals surface area contributed by atoms with Gasteiger partial charge in [0.2, 0.25) is 0 Å². The van der Waals surface area contributed by atoms with Crippen LogP contribution in [0.2, 0.25) is 0 Å². The SMILES string of the molecule is Cc1cnc(CN(Cc2ncccc2C(C)C)C2CCC(N)CC2)c(C)c1. The molecule has 27 heavy (non-hydrogen) atoms. The van der Waals surface area contributed by atoms with E-state index < -0.39 is 0 Å². The van der Waals surface area contributed by atoms with Crippen molar-refractivity contribution in [3.63, 3.8) is 0 Å². The van der Waals surface area contributed by atoms with Crippen molar-refractivity contribution in [2.24, 2.45) is 5.73 Å². The summed E-state index contributed by atoms with van der Waals surface area (Å²) in [4.78, 5) is 12.1. The van der Waals surface area contributed by atoms with E-state index in [1.807, 2.05) is 12.4 Å². The molecule has 2 heterocycles. The van der Waals surface area contributed by atoms with Gasteiger partial charge in [-0.3, -0.25) is 14.9 Å². The summed E-state index contributed by atoms with van der Waals surface area (Å²) in [6.45, 7) is 10.5. The molecule has 4 heteroatoms. The van der Waals surface area contributed by atoms with Crippen molar-refractivity contribution < 1.29 is 0 Å². The van der Waals surface area contributed by atoms with Gasteiger partial charge in [0.25, 0.3) is 0 Å². The van der Waals surface area contributed by atoms with Crippen LogP contribution in [-0.4, -0.2) is 27.0 Å². The Labute approximate surface area is 164 Å². The highest BCUT2D eigenvalue weighted by molar-refractivity contribution is 5.25. The molecule has 1 saturated carbocycles. The first-order valence-corrected chi connectivity index (χ1v) is 10.3. The lowest BCUT2D eigenvalue weighted by atomic mass is 9.90. The predicted octanol–water partition coefficient (Wildman–Crippen LogP) is 4.49. The third-order valence-corrected chi connectivity index (χ3v) is 5.83. The topological polar surface area (TPSA) is 55.0 Å². The van der Waals surface area contributed by atoms with Gasteiger partial charge in [-0.25, -0.2) is 0 Å². The minimum atomic E-state index is 0.364. The summed E-state index contributed by atoms with van der Waals surface area (Å²) in [6, 6.07) is 7.42. The summed E-state index contributed by atoms with van der Waals surface area (Å²) >= 11 is 0. The minimum absolute atomic E-state index is 0.364. The highest BCUT2D eigenvalue weighted by Gasteiger charge is 2.26. The number of rotatable bonds is 6. The standard InChI is InChI=1S/C23H34N4/c1-16(2)21-6-5-11-25-23(21)15-27(20-9-7-19(24)8-10-20)14-22-18(4)12-17(3)13-26-22/h5-6,11-13,16,19-20H,7-10,14-15,24H2,1-4H3. The van der Waals surface area contributed by atoms with E-state index >= 15 is 0 Å². The molecule has 0 amide bonds. The Bertz CT molecular complexity index is 748. The molecule has 0 unspecified atom stereocenters. The van der Waals surface area contributed by atoms with Gasteiger partial charge in [0.1, 0.15) is 0 Å². The van der Waals surface area contributed by atoms with Crippen LogP contribution in [0.1, 0.15) is 73.5 Å². The van der Waals surface area contributed by atoms with Gasteiger partial charge in [-0.1, -0.05) is 26.0 Å². The van der Waals surface area contributed by atoms with Crippen LogP contribution in [0.5, 0.6) is 0 Å². The average Bonchev–Trinajstić information content (AvgIpc) is 2.64. The fourth-order valence-corrected chi connectivity index (χ4v) is 4.18. The van der Waals surface area contributed by atoms with Crippen molar-refractivity contribution in [2.75, 3.05) is 0 Å². The molecule has 0 aromatic carbocycles. The molecular weight excluding hydrogens is 332 g/mol. The van der Waals surface area contributed by atoms with Crippen LogP contribution in [0, 0.1) is 13.8 Å². The molecule has 0 saturated heterocycles. The Morgan fingerprint density at radius 2 is 1.78 bits per heavy atom. The molecule has 2 N–H and O–H groups in total. The van der Waals surface area contributed by atoms with Crippen molar-refractivity contribution in [2.45, 2.75) is 84.5 Å². The highest BCUT2D eigenvalue weighted by atomic mass is 15.2. The zero-order chi connectivity index (χ0) is 19.4. The van der Waals surface area contributed by atoms with E-state index in [-0.39, 0.29) is 0 Å². The molecule has 1 aliphatic rings. The zero-order valence-corrected chi connectivity index (χ0v) is 17.3. The lowest BCUT2D eigenvalue weighted by Crippen LogP contribution is -2.40. The smallest absolute Gasteiger partial charge is 0.0578 e. The van der Waals surface area contributed by atoms with Crippen molar-refractivity contribution >= 4 is 0 Å². The van der Waals surface area contributed by atoms with E-state index in [2.05, 4.69) is 50.8 Å². The number of aromatic nitrogens is 2. The Kier molecular flexibility index (Phi) is 6.61. The molecule has 0 spiro atoms. The second-order valence-electron chi connectivity index (χ2n) is 8.44. The minimum Gasteiger partial charge on any atom is -0.328 e. The van der Waals surface area contributed by atoms with Crippen LogP contribution in [0.25, 0.3) is 0 Å². The van der Waals surface area contributed by atoms with Crippen molar-refractivity contribution in [3.8, 4) is 0 Å². The fourth-order valence-electron chi connectivity index (χ4n) is 4.18. The maximum atomic E-state index is 6.16. The Balaban J connectivity index is 1.86. The number of nitrogens with two attached hydrogens (primary N) is 1. The van der Waals surface area contributed by atoms with Gasteiger partial charge in [-0.2, -0.15) is 0 Å². The second kappa shape index (κ2) is 8.94. The maximum Gasteiger partial charge on any atom is 0.0578 e. The van der Waals surface area contributed by atoms with Crippen LogP contribution in [-0.2, 0) is 13.1 Å². The Morgan fingerprint density at radius 3 is 2.44 bits per heavy atom. The van der Waals surface area contributed by atoms with Crippen molar-refractivity contribution in [3.05, 3.63) is 58.7 Å². The maximum absolute atomic E-state index is 6.16. The number of aryl methyl sites for hydroxylation is 2. The molecule has 0 atom stereocenters. The Hall–Kier alpha value is -1.78. The van der Waals surface area contributed by atoms with Crippen LogP contribution >= 0.6 is 0 Å². The first-order chi connectivity index (χ1) is 12.9. The van der Waals surface area contributed by atoms with Gasteiger partial charge in [0.15, 0.2) is 0 Å². The first kappa shape index (κ1) is 20.0. The third-order valence-electron chi connectivity index (χ3n) is 5.83. The normalized spacial score (nSPS) is 20.4. The second-order valence-corrected chi connectivity index (χ2v) is 8.44. The summed E-state index contributed by atoms with van der Waals surface area (Å²) in [5, 5.41) is 0. The predicted molar refractivity (Wildman–Crippen MR) is 112 cm³/mol. The van der Waals surface area contributed by atoms with Crippen LogP contribution < -0.4 is 5.73 Å². The van der Waals surface area contributed by atoms with Gasteiger partial charge in [0.05, 0.1) is 11.4 Å². The summed E-state index contributed by atoms with van der Waals surface area (Å²) < 4.78 is 0. The molecule has 0 radical (unpaired) electrons. The number of hydrogen-bond acceptors (Lipinski definition) is 4. The van der Waals surface area contributed by atoms with Gasteiger partial charge >= 0.3 is 0 Å². The summed E-state index contributed by atoms with van der Waals surface area (Å²) in [7, 11) is 0. The van der Waals surface area contributed by atoms with E-state index in [4.69, 9.17) is 15.7 Å². The molecular formula is C23H34N4. The molecule has 0 aliphatic heterocycles. The zero-order valence-electron chi connectivity index (χ0n) is 17.3. The summed E-state index contributed by atoms with van der Waals surface area (Å²) in [6.07, 6.45) is 8.45. The molecule has 2 aromatic heterocycles. The van der Waals surface area contributed by atoms with Gasteiger partial charge < -0.3 is 5.73 Å². The van der Waals surface area contributed by atoms with Crippen LogP contribution in [0.15, 0.2) is 30.6 Å². The monoisotopic (exact) mass is 366 g/mol. The molecule has 1 fully saturated rings. The molecule has 0 bridgehead atoms. The largest absolute Gasteiger partial charge is 0.328 e. The fraction of sp³-hybridized carbons (Fsp3) is 0.565. The van der Waals surface area contributed by atoms with Gasteiger partial charge in [-0.15, -0.1) is 0 Å².